The normalized spacial score (nSPS) is 28.9. The second kappa shape index (κ2) is 16.5. The van der Waals surface area contributed by atoms with Gasteiger partial charge in [-0.25, -0.2) is 0 Å². The summed E-state index contributed by atoms with van der Waals surface area (Å²) in [6.07, 6.45) is 6.41. The van der Waals surface area contributed by atoms with Crippen LogP contribution in [0.3, 0.4) is 0 Å². The van der Waals surface area contributed by atoms with E-state index in [1.54, 1.807) is 0 Å². The SMILES string of the molecule is CC1CC(C)(C)CC(c2ccc(OCC(O)COc3ccc(C4(c5ccc(OCC6CO6)cc5)CC(C)CC(C)(C)C4)cc3)cc2)(c2ccc(OCC3CO3)cc2)C1. The highest BCUT2D eigenvalue weighted by Crippen LogP contribution is 2.55. The third-order valence-corrected chi connectivity index (χ3v) is 12.9. The molecule has 4 fully saturated rings. The molecule has 0 aromatic heterocycles. The fourth-order valence-corrected chi connectivity index (χ4v) is 11.0. The van der Waals surface area contributed by atoms with Crippen LogP contribution in [0.5, 0.6) is 23.0 Å². The van der Waals surface area contributed by atoms with Crippen molar-refractivity contribution in [1.29, 1.82) is 0 Å². The summed E-state index contributed by atoms with van der Waals surface area (Å²) < 4.78 is 34.8. The molecular formula is C51H64O7. The fraction of sp³-hybridized carbons (Fsp3) is 0.529. The maximum Gasteiger partial charge on any atom is 0.122 e. The van der Waals surface area contributed by atoms with Crippen LogP contribution >= 0.6 is 0 Å². The molecule has 310 valence electrons. The van der Waals surface area contributed by atoms with Crippen LogP contribution in [0.15, 0.2) is 97.1 Å². The van der Waals surface area contributed by atoms with E-state index in [9.17, 15) is 5.11 Å². The molecule has 4 aliphatic rings. The fourth-order valence-electron chi connectivity index (χ4n) is 11.0. The Morgan fingerprint density at radius 2 is 0.793 bits per heavy atom. The number of hydrogen-bond acceptors (Lipinski definition) is 7. The van der Waals surface area contributed by atoms with E-state index >= 15 is 0 Å². The lowest BCUT2D eigenvalue weighted by atomic mass is 9.55. The summed E-state index contributed by atoms with van der Waals surface area (Å²) in [5.74, 6) is 4.42. The summed E-state index contributed by atoms with van der Waals surface area (Å²) in [4.78, 5) is 0. The molecule has 0 amide bonds. The van der Waals surface area contributed by atoms with Crippen molar-refractivity contribution < 1.29 is 33.5 Å². The average molecular weight is 789 g/mol. The van der Waals surface area contributed by atoms with Gasteiger partial charge >= 0.3 is 0 Å². The molecule has 7 heteroatoms. The van der Waals surface area contributed by atoms with E-state index in [0.717, 1.165) is 61.9 Å². The number of rotatable bonds is 16. The third-order valence-electron chi connectivity index (χ3n) is 12.9. The molecule has 0 radical (unpaired) electrons. The molecule has 6 unspecified atom stereocenters. The van der Waals surface area contributed by atoms with Gasteiger partial charge in [0.25, 0.3) is 0 Å². The molecule has 0 bridgehead atoms. The molecule has 0 spiro atoms. The van der Waals surface area contributed by atoms with Crippen molar-refractivity contribution in [2.75, 3.05) is 39.6 Å². The van der Waals surface area contributed by atoms with Gasteiger partial charge in [-0.15, -0.1) is 0 Å². The first-order valence-electron chi connectivity index (χ1n) is 21.6. The molecule has 4 aromatic carbocycles. The Kier molecular flexibility index (Phi) is 11.6. The van der Waals surface area contributed by atoms with Crippen LogP contribution in [0, 0.1) is 22.7 Å². The van der Waals surface area contributed by atoms with E-state index in [0.29, 0.717) is 25.0 Å². The van der Waals surface area contributed by atoms with E-state index in [2.05, 4.69) is 139 Å². The van der Waals surface area contributed by atoms with Gasteiger partial charge < -0.3 is 33.5 Å². The van der Waals surface area contributed by atoms with E-state index < -0.39 is 6.10 Å². The number of aliphatic hydroxyl groups excluding tert-OH is 1. The Labute approximate surface area is 346 Å². The molecule has 1 N–H and O–H groups in total. The molecule has 2 aliphatic heterocycles. The Hall–Kier alpha value is -4.04. The van der Waals surface area contributed by atoms with Crippen molar-refractivity contribution in [3.63, 3.8) is 0 Å². The van der Waals surface area contributed by atoms with E-state index in [-0.39, 0.29) is 47.1 Å². The summed E-state index contributed by atoms with van der Waals surface area (Å²) in [6, 6.07) is 34.5. The minimum Gasteiger partial charge on any atom is -0.491 e. The minimum atomic E-state index is -0.781. The van der Waals surface area contributed by atoms with E-state index in [1.165, 1.54) is 35.1 Å². The van der Waals surface area contributed by atoms with Crippen LogP contribution in [-0.2, 0) is 20.3 Å². The van der Waals surface area contributed by atoms with Crippen LogP contribution in [0.4, 0.5) is 0 Å². The second-order valence-corrected chi connectivity index (χ2v) is 19.8. The van der Waals surface area contributed by atoms with Crippen molar-refractivity contribution >= 4 is 0 Å². The number of epoxide rings is 2. The molecule has 4 aromatic rings. The summed E-state index contributed by atoms with van der Waals surface area (Å²) in [5.41, 5.74) is 5.42. The zero-order chi connectivity index (χ0) is 40.5. The summed E-state index contributed by atoms with van der Waals surface area (Å²) in [5, 5.41) is 10.9. The number of ether oxygens (including phenoxy) is 6. The summed E-state index contributed by atoms with van der Waals surface area (Å²) >= 11 is 0. The smallest absolute Gasteiger partial charge is 0.122 e. The maximum absolute atomic E-state index is 10.9. The Morgan fingerprint density at radius 1 is 0.500 bits per heavy atom. The first kappa shape index (κ1) is 40.7. The van der Waals surface area contributed by atoms with Gasteiger partial charge in [0.05, 0.1) is 13.2 Å². The molecule has 6 atom stereocenters. The number of benzene rings is 4. The van der Waals surface area contributed by atoms with Crippen molar-refractivity contribution in [2.24, 2.45) is 22.7 Å². The van der Waals surface area contributed by atoms with Gasteiger partial charge in [-0.3, -0.25) is 0 Å². The van der Waals surface area contributed by atoms with Crippen LogP contribution in [0.2, 0.25) is 0 Å². The summed E-state index contributed by atoms with van der Waals surface area (Å²) in [6.45, 7) is 17.4. The maximum atomic E-state index is 10.9. The molecular weight excluding hydrogens is 725 g/mol. The van der Waals surface area contributed by atoms with E-state index in [1.807, 2.05) is 0 Å². The lowest BCUT2D eigenvalue weighted by Gasteiger charge is -2.48. The topological polar surface area (TPSA) is 82.2 Å². The van der Waals surface area contributed by atoms with Gasteiger partial charge in [0, 0.05) is 10.8 Å². The third kappa shape index (κ3) is 9.70. The lowest BCUT2D eigenvalue weighted by Crippen LogP contribution is -2.41. The average Bonchev–Trinajstić information content (AvgIpc) is 4.13. The number of hydrogen-bond donors (Lipinski definition) is 1. The van der Waals surface area contributed by atoms with Gasteiger partial charge in [0.1, 0.15) is 67.7 Å². The molecule has 2 saturated carbocycles. The van der Waals surface area contributed by atoms with Crippen molar-refractivity contribution in [3.05, 3.63) is 119 Å². The standard InChI is InChI=1S/C51H64O7/c1-35-23-48(3,4)33-50(25-35,39-11-19-44(20-12-39)55-29-46-31-57-46)37-7-15-42(16-8-37)53-27-41(52)28-54-43-17-9-38(10-18-43)51(26-36(2)24-49(5,6)34-51)40-13-21-45(22-14-40)56-30-47-32-58-47/h7-22,35-36,41,46-47,52H,23-34H2,1-6H3. The lowest BCUT2D eigenvalue weighted by molar-refractivity contribution is 0.0625. The van der Waals surface area contributed by atoms with E-state index in [4.69, 9.17) is 28.4 Å². The predicted octanol–water partition coefficient (Wildman–Crippen LogP) is 10.3. The quantitative estimate of drug-likeness (QED) is 0.113. The van der Waals surface area contributed by atoms with Gasteiger partial charge in [-0.2, -0.15) is 0 Å². The van der Waals surface area contributed by atoms with Gasteiger partial charge in [-0.1, -0.05) is 90.1 Å². The van der Waals surface area contributed by atoms with Crippen molar-refractivity contribution in [2.45, 2.75) is 109 Å². The molecule has 2 saturated heterocycles. The first-order valence-corrected chi connectivity index (χ1v) is 21.6. The minimum absolute atomic E-state index is 0.114. The van der Waals surface area contributed by atoms with Gasteiger partial charge in [0.15, 0.2) is 0 Å². The van der Waals surface area contributed by atoms with Crippen LogP contribution < -0.4 is 18.9 Å². The van der Waals surface area contributed by atoms with Gasteiger partial charge in [-0.05, 0) is 132 Å². The largest absolute Gasteiger partial charge is 0.491 e. The highest BCUT2D eigenvalue weighted by atomic mass is 16.6. The van der Waals surface area contributed by atoms with Crippen LogP contribution in [0.1, 0.15) is 102 Å². The van der Waals surface area contributed by atoms with Crippen molar-refractivity contribution in [3.8, 4) is 23.0 Å². The molecule has 2 heterocycles. The molecule has 7 nitrogen and oxygen atoms in total. The van der Waals surface area contributed by atoms with Crippen LogP contribution in [-0.4, -0.2) is 63.1 Å². The monoisotopic (exact) mass is 788 g/mol. The highest BCUT2D eigenvalue weighted by molar-refractivity contribution is 5.46. The zero-order valence-corrected chi connectivity index (χ0v) is 35.5. The molecule has 58 heavy (non-hydrogen) atoms. The molecule has 2 aliphatic carbocycles. The number of aliphatic hydroxyl groups is 1. The van der Waals surface area contributed by atoms with Crippen LogP contribution in [0.25, 0.3) is 0 Å². The first-order chi connectivity index (χ1) is 27.8. The Morgan fingerprint density at radius 3 is 1.07 bits per heavy atom. The predicted molar refractivity (Wildman–Crippen MR) is 228 cm³/mol. The Balaban J connectivity index is 0.897. The Bertz CT molecular complexity index is 1800. The summed E-state index contributed by atoms with van der Waals surface area (Å²) in [7, 11) is 0. The second-order valence-electron chi connectivity index (χ2n) is 19.8. The van der Waals surface area contributed by atoms with Gasteiger partial charge in [0.2, 0.25) is 0 Å². The zero-order valence-electron chi connectivity index (χ0n) is 35.5. The molecule has 8 rings (SSSR count). The van der Waals surface area contributed by atoms with Crippen molar-refractivity contribution in [1.82, 2.24) is 0 Å². The highest BCUT2D eigenvalue weighted by Gasteiger charge is 2.46.